The molecule has 0 saturated heterocycles. The molecule has 4 heteroatoms. The van der Waals surface area contributed by atoms with Crippen molar-refractivity contribution in [3.63, 3.8) is 0 Å². The van der Waals surface area contributed by atoms with E-state index < -0.39 is 0 Å². The first-order chi connectivity index (χ1) is 9.17. The Kier molecular flexibility index (Phi) is 4.40. The van der Waals surface area contributed by atoms with Crippen molar-refractivity contribution in [2.75, 3.05) is 14.2 Å². The zero-order valence-electron chi connectivity index (χ0n) is 10.8. The molecule has 0 bridgehead atoms. The highest BCUT2D eigenvalue weighted by Gasteiger charge is 2.20. The molecular weight excluding hydrogens is 265 g/mol. The molecule has 0 aliphatic carbocycles. The number of halogens is 2. The van der Waals surface area contributed by atoms with Gasteiger partial charge in [-0.15, -0.1) is 0 Å². The second-order valence-electron chi connectivity index (χ2n) is 4.13. The Labute approximate surface area is 117 Å². The topological polar surface area (TPSA) is 21.3 Å². The van der Waals surface area contributed by atoms with E-state index in [2.05, 4.69) is 5.32 Å². The van der Waals surface area contributed by atoms with Crippen LogP contribution < -0.4 is 10.1 Å². The van der Waals surface area contributed by atoms with Crippen molar-refractivity contribution in [1.29, 1.82) is 0 Å². The fraction of sp³-hybridized carbons (Fsp3) is 0.200. The lowest BCUT2D eigenvalue weighted by molar-refractivity contribution is 0.398. The van der Waals surface area contributed by atoms with Gasteiger partial charge in [-0.2, -0.15) is 0 Å². The highest BCUT2D eigenvalue weighted by atomic mass is 35.5. The van der Waals surface area contributed by atoms with E-state index in [4.69, 9.17) is 16.3 Å². The third kappa shape index (κ3) is 2.88. The lowest BCUT2D eigenvalue weighted by Crippen LogP contribution is -2.19. The molecule has 2 rings (SSSR count). The second kappa shape index (κ2) is 6.04. The van der Waals surface area contributed by atoms with Gasteiger partial charge in [-0.1, -0.05) is 29.8 Å². The summed E-state index contributed by atoms with van der Waals surface area (Å²) < 4.78 is 19.4. The quantitative estimate of drug-likeness (QED) is 0.919. The van der Waals surface area contributed by atoms with Gasteiger partial charge in [-0.05, 0) is 36.9 Å². The van der Waals surface area contributed by atoms with Gasteiger partial charge in [0.2, 0.25) is 0 Å². The largest absolute Gasteiger partial charge is 0.496 e. The van der Waals surface area contributed by atoms with Gasteiger partial charge >= 0.3 is 0 Å². The molecule has 1 N–H and O–H groups in total. The van der Waals surface area contributed by atoms with Crippen LogP contribution in [0.25, 0.3) is 0 Å². The van der Waals surface area contributed by atoms with Crippen LogP contribution in [-0.2, 0) is 0 Å². The molecule has 0 spiro atoms. The Morgan fingerprint density at radius 2 is 1.95 bits per heavy atom. The average Bonchev–Trinajstić information content (AvgIpc) is 2.41. The van der Waals surface area contributed by atoms with Crippen molar-refractivity contribution in [3.05, 3.63) is 64.4 Å². The third-order valence-electron chi connectivity index (χ3n) is 2.99. The highest BCUT2D eigenvalue weighted by Crippen LogP contribution is 2.32. The third-order valence-corrected chi connectivity index (χ3v) is 3.23. The fourth-order valence-electron chi connectivity index (χ4n) is 2.14. The monoisotopic (exact) mass is 279 g/mol. The summed E-state index contributed by atoms with van der Waals surface area (Å²) in [5.41, 5.74) is 1.37. The minimum absolute atomic E-state index is 0.307. The Hall–Kier alpha value is -1.58. The van der Waals surface area contributed by atoms with Crippen LogP contribution in [0.2, 0.25) is 5.02 Å². The van der Waals surface area contributed by atoms with E-state index in [1.165, 1.54) is 13.2 Å². The molecule has 0 aliphatic rings. The average molecular weight is 280 g/mol. The fourth-order valence-corrected chi connectivity index (χ4v) is 2.34. The number of hydrogen-bond acceptors (Lipinski definition) is 2. The lowest BCUT2D eigenvalue weighted by Gasteiger charge is -2.20. The van der Waals surface area contributed by atoms with Crippen molar-refractivity contribution in [3.8, 4) is 5.75 Å². The van der Waals surface area contributed by atoms with Crippen LogP contribution in [0.15, 0.2) is 42.5 Å². The molecule has 0 amide bonds. The standard InChI is InChI=1S/C15H15ClFNO/c1-18-15(10-5-3-6-11(16)9-10)14-12(17)7-4-8-13(14)19-2/h3-9,15,18H,1-2H3. The van der Waals surface area contributed by atoms with Crippen LogP contribution in [0, 0.1) is 5.82 Å². The van der Waals surface area contributed by atoms with Crippen LogP contribution in [0.1, 0.15) is 17.2 Å². The Balaban J connectivity index is 2.54. The normalized spacial score (nSPS) is 12.2. The smallest absolute Gasteiger partial charge is 0.132 e. The molecule has 19 heavy (non-hydrogen) atoms. The van der Waals surface area contributed by atoms with E-state index in [1.54, 1.807) is 25.2 Å². The maximum atomic E-state index is 14.1. The van der Waals surface area contributed by atoms with E-state index in [9.17, 15) is 4.39 Å². The lowest BCUT2D eigenvalue weighted by atomic mass is 9.97. The van der Waals surface area contributed by atoms with Crippen molar-refractivity contribution in [2.45, 2.75) is 6.04 Å². The van der Waals surface area contributed by atoms with Crippen molar-refractivity contribution in [1.82, 2.24) is 5.32 Å². The van der Waals surface area contributed by atoms with Gasteiger partial charge < -0.3 is 10.1 Å². The molecule has 0 radical (unpaired) electrons. The molecule has 0 fully saturated rings. The summed E-state index contributed by atoms with van der Waals surface area (Å²) in [5.74, 6) is 0.206. The van der Waals surface area contributed by atoms with Gasteiger partial charge in [-0.3, -0.25) is 0 Å². The van der Waals surface area contributed by atoms with E-state index >= 15 is 0 Å². The van der Waals surface area contributed by atoms with Gasteiger partial charge in [0, 0.05) is 5.02 Å². The number of benzene rings is 2. The Morgan fingerprint density at radius 3 is 2.58 bits per heavy atom. The number of hydrogen-bond donors (Lipinski definition) is 1. The number of nitrogens with one attached hydrogen (secondary N) is 1. The molecule has 2 aromatic carbocycles. The van der Waals surface area contributed by atoms with Gasteiger partial charge in [0.1, 0.15) is 11.6 Å². The first-order valence-electron chi connectivity index (χ1n) is 5.92. The number of ether oxygens (including phenoxy) is 1. The number of methoxy groups -OCH3 is 1. The maximum absolute atomic E-state index is 14.1. The minimum Gasteiger partial charge on any atom is -0.496 e. The van der Waals surface area contributed by atoms with Gasteiger partial charge in [0.15, 0.2) is 0 Å². The van der Waals surface area contributed by atoms with Crippen molar-refractivity contribution < 1.29 is 9.13 Å². The van der Waals surface area contributed by atoms with E-state index in [1.807, 2.05) is 18.2 Å². The van der Waals surface area contributed by atoms with E-state index in [-0.39, 0.29) is 11.9 Å². The van der Waals surface area contributed by atoms with E-state index in [0.29, 0.717) is 16.3 Å². The molecule has 0 heterocycles. The second-order valence-corrected chi connectivity index (χ2v) is 4.57. The van der Waals surface area contributed by atoms with Crippen molar-refractivity contribution in [2.24, 2.45) is 0 Å². The molecule has 2 aromatic rings. The maximum Gasteiger partial charge on any atom is 0.132 e. The summed E-state index contributed by atoms with van der Waals surface area (Å²) in [4.78, 5) is 0. The van der Waals surface area contributed by atoms with Gasteiger partial charge in [0.25, 0.3) is 0 Å². The molecule has 0 saturated carbocycles. The minimum atomic E-state index is -0.310. The molecule has 0 aliphatic heterocycles. The summed E-state index contributed by atoms with van der Waals surface area (Å²) in [6.07, 6.45) is 0. The first-order valence-corrected chi connectivity index (χ1v) is 6.30. The summed E-state index contributed by atoms with van der Waals surface area (Å²) in [6, 6.07) is 11.8. The zero-order valence-corrected chi connectivity index (χ0v) is 11.5. The molecular formula is C15H15ClFNO. The molecule has 100 valence electrons. The van der Waals surface area contributed by atoms with Gasteiger partial charge in [0.05, 0.1) is 18.7 Å². The molecule has 2 nitrogen and oxygen atoms in total. The predicted octanol–water partition coefficient (Wildman–Crippen LogP) is 3.80. The summed E-state index contributed by atoms with van der Waals surface area (Å²) in [6.45, 7) is 0. The SMILES string of the molecule is CNC(c1cccc(Cl)c1)c1c(F)cccc1OC. The molecule has 1 atom stereocenters. The summed E-state index contributed by atoms with van der Waals surface area (Å²) >= 11 is 5.99. The summed E-state index contributed by atoms with van der Waals surface area (Å²) in [7, 11) is 3.31. The van der Waals surface area contributed by atoms with Crippen LogP contribution >= 0.6 is 11.6 Å². The van der Waals surface area contributed by atoms with E-state index in [0.717, 1.165) is 5.56 Å². The zero-order chi connectivity index (χ0) is 13.8. The molecule has 0 aromatic heterocycles. The van der Waals surface area contributed by atoms with Crippen LogP contribution in [0.4, 0.5) is 4.39 Å². The first kappa shape index (κ1) is 13.8. The Bertz CT molecular complexity index is 574. The molecule has 1 unspecified atom stereocenters. The van der Waals surface area contributed by atoms with Crippen LogP contribution in [0.3, 0.4) is 0 Å². The number of rotatable bonds is 4. The predicted molar refractivity (Wildman–Crippen MR) is 75.3 cm³/mol. The van der Waals surface area contributed by atoms with Crippen molar-refractivity contribution >= 4 is 11.6 Å². The van der Waals surface area contributed by atoms with Gasteiger partial charge in [-0.25, -0.2) is 4.39 Å². The Morgan fingerprint density at radius 1 is 1.21 bits per heavy atom. The highest BCUT2D eigenvalue weighted by molar-refractivity contribution is 6.30. The van der Waals surface area contributed by atoms with Crippen LogP contribution in [-0.4, -0.2) is 14.2 Å². The van der Waals surface area contributed by atoms with Crippen LogP contribution in [0.5, 0.6) is 5.75 Å². The summed E-state index contributed by atoms with van der Waals surface area (Å²) in [5, 5.41) is 3.72.